The zero-order valence-corrected chi connectivity index (χ0v) is 12.3. The predicted octanol–water partition coefficient (Wildman–Crippen LogP) is 1.30. The number of hydrogen-bond donors (Lipinski definition) is 1. The molecule has 0 bridgehead atoms. The monoisotopic (exact) mass is 308 g/mol. The van der Waals surface area contributed by atoms with Crippen LogP contribution in [0.2, 0.25) is 0 Å². The predicted molar refractivity (Wildman–Crippen MR) is 81.1 cm³/mol. The van der Waals surface area contributed by atoms with Gasteiger partial charge in [-0.3, -0.25) is 9.59 Å². The molecule has 2 fully saturated rings. The van der Waals surface area contributed by atoms with E-state index in [4.69, 9.17) is 9.47 Å². The van der Waals surface area contributed by atoms with E-state index in [2.05, 4.69) is 12.6 Å². The molecule has 2 amide bonds. The Morgan fingerprint density at radius 2 is 2.10 bits per heavy atom. The average molecular weight is 308 g/mol. The van der Waals surface area contributed by atoms with E-state index in [0.717, 1.165) is 11.4 Å². The summed E-state index contributed by atoms with van der Waals surface area (Å²) in [5.41, 5.74) is 1.55. The van der Waals surface area contributed by atoms with Gasteiger partial charge in [-0.1, -0.05) is 12.6 Å². The average Bonchev–Trinajstić information content (AvgIpc) is 3.29. The lowest BCUT2D eigenvalue weighted by Crippen LogP contribution is -2.41. The van der Waals surface area contributed by atoms with Gasteiger partial charge in [-0.05, 0) is 24.3 Å². The summed E-state index contributed by atoms with van der Waals surface area (Å²) >= 11 is 3.90. The van der Waals surface area contributed by atoms with Crippen molar-refractivity contribution in [3.05, 3.63) is 24.3 Å². The summed E-state index contributed by atoms with van der Waals surface area (Å²) in [6.07, 6.45) is 0.0987. The smallest absolute Gasteiger partial charge is 0.283 e. The highest BCUT2D eigenvalue weighted by molar-refractivity contribution is 7.96. The Balaban J connectivity index is 1.75. The Morgan fingerprint density at radius 1 is 1.38 bits per heavy atom. The maximum atomic E-state index is 11.8. The van der Waals surface area contributed by atoms with E-state index in [9.17, 15) is 9.59 Å². The lowest BCUT2D eigenvalue weighted by atomic mass is 10.2. The molecule has 1 unspecified atom stereocenters. The van der Waals surface area contributed by atoms with Crippen LogP contribution in [0, 0.1) is 0 Å². The fraction of sp³-hybridized carbons (Fsp3) is 0.429. The molecule has 6 nitrogen and oxygen atoms in total. The summed E-state index contributed by atoms with van der Waals surface area (Å²) in [5, 5.41) is -0.319. The summed E-state index contributed by atoms with van der Waals surface area (Å²) in [6, 6.07) is 7.29. The first-order valence-electron chi connectivity index (χ1n) is 6.75. The third kappa shape index (κ3) is 3.37. The van der Waals surface area contributed by atoms with E-state index < -0.39 is 0 Å². The minimum Gasteiger partial charge on any atom is -0.371 e. The van der Waals surface area contributed by atoms with Gasteiger partial charge >= 0.3 is 0 Å². The lowest BCUT2D eigenvalue weighted by Gasteiger charge is -2.27. The van der Waals surface area contributed by atoms with Crippen molar-refractivity contribution in [1.82, 2.24) is 0 Å². The molecule has 1 aromatic rings. The Kier molecular flexibility index (Phi) is 4.14. The number of thiol groups is 1. The van der Waals surface area contributed by atoms with E-state index in [1.807, 2.05) is 24.3 Å². The van der Waals surface area contributed by atoms with Crippen LogP contribution in [0.1, 0.15) is 0 Å². The van der Waals surface area contributed by atoms with Gasteiger partial charge in [-0.15, -0.1) is 0 Å². The van der Waals surface area contributed by atoms with Gasteiger partial charge in [0.15, 0.2) is 0 Å². The maximum Gasteiger partial charge on any atom is 0.283 e. The lowest BCUT2D eigenvalue weighted by molar-refractivity contribution is -0.125. The van der Waals surface area contributed by atoms with Gasteiger partial charge < -0.3 is 19.3 Å². The normalized spacial score (nSPS) is 21.3. The first-order valence-corrected chi connectivity index (χ1v) is 7.20. The van der Waals surface area contributed by atoms with Crippen LogP contribution in [-0.2, 0) is 14.3 Å². The Morgan fingerprint density at radius 3 is 2.67 bits per heavy atom. The minimum absolute atomic E-state index is 0.0532. The molecule has 0 aromatic heterocycles. The molecule has 1 aromatic carbocycles. The molecule has 21 heavy (non-hydrogen) atoms. The highest BCUT2D eigenvalue weighted by atomic mass is 32.1. The van der Waals surface area contributed by atoms with Crippen molar-refractivity contribution in [2.45, 2.75) is 6.10 Å². The van der Waals surface area contributed by atoms with Crippen molar-refractivity contribution in [3.63, 3.8) is 0 Å². The molecular weight excluding hydrogens is 292 g/mol. The van der Waals surface area contributed by atoms with Crippen molar-refractivity contribution in [2.24, 2.45) is 0 Å². The molecule has 2 aliphatic rings. The fourth-order valence-electron chi connectivity index (χ4n) is 2.27. The van der Waals surface area contributed by atoms with Crippen molar-refractivity contribution < 1.29 is 19.1 Å². The second kappa shape index (κ2) is 6.05. The van der Waals surface area contributed by atoms with E-state index in [1.54, 1.807) is 9.80 Å². The Bertz CT molecular complexity index is 544. The summed E-state index contributed by atoms with van der Waals surface area (Å²) in [4.78, 5) is 26.6. The van der Waals surface area contributed by atoms with Crippen molar-refractivity contribution >= 4 is 35.1 Å². The Hall–Kier alpha value is -1.57. The third-order valence-corrected chi connectivity index (χ3v) is 3.72. The number of carbonyl (C=O) groups excluding carboxylic acids is 2. The quantitative estimate of drug-likeness (QED) is 0.673. The molecule has 0 saturated carbocycles. The number of nitrogens with zero attached hydrogens (tertiary/aromatic N) is 2. The standard InChI is InChI=1S/C14H16N2O4S/c17-13-9-19-6-5-15(13)10-1-3-11(4-2-10)16(14(18)21)7-12-8-20-12/h1-4,12H,5-9H2,(H,18,21). The highest BCUT2D eigenvalue weighted by Crippen LogP contribution is 2.24. The molecule has 2 heterocycles. The van der Waals surface area contributed by atoms with Crippen LogP contribution in [-0.4, -0.2) is 50.2 Å². The number of benzene rings is 1. The molecular formula is C14H16N2O4S. The van der Waals surface area contributed by atoms with Crippen LogP contribution in [0.15, 0.2) is 24.3 Å². The van der Waals surface area contributed by atoms with E-state index in [1.165, 1.54) is 0 Å². The van der Waals surface area contributed by atoms with Gasteiger partial charge in [0.05, 0.1) is 25.9 Å². The number of epoxide rings is 1. The van der Waals surface area contributed by atoms with Gasteiger partial charge in [-0.2, -0.15) is 0 Å². The third-order valence-electron chi connectivity index (χ3n) is 3.48. The summed E-state index contributed by atoms with van der Waals surface area (Å²) in [7, 11) is 0. The fourth-order valence-corrected chi connectivity index (χ4v) is 2.47. The highest BCUT2D eigenvalue weighted by Gasteiger charge is 2.28. The molecule has 7 heteroatoms. The molecule has 112 valence electrons. The molecule has 0 aliphatic carbocycles. The van der Waals surface area contributed by atoms with E-state index >= 15 is 0 Å². The Labute approximate surface area is 128 Å². The van der Waals surface area contributed by atoms with Gasteiger partial charge in [-0.25, -0.2) is 0 Å². The van der Waals surface area contributed by atoms with Crippen LogP contribution in [0.25, 0.3) is 0 Å². The number of amides is 2. The van der Waals surface area contributed by atoms with Crippen molar-refractivity contribution in [2.75, 3.05) is 42.7 Å². The van der Waals surface area contributed by atoms with Gasteiger partial charge in [0, 0.05) is 17.9 Å². The molecule has 2 saturated heterocycles. The summed E-state index contributed by atoms with van der Waals surface area (Å²) < 4.78 is 10.3. The van der Waals surface area contributed by atoms with Crippen LogP contribution >= 0.6 is 12.6 Å². The topological polar surface area (TPSA) is 62.4 Å². The minimum atomic E-state index is -0.319. The number of ether oxygens (including phenoxy) is 2. The first-order chi connectivity index (χ1) is 10.1. The van der Waals surface area contributed by atoms with Crippen LogP contribution in [0.5, 0.6) is 0 Å². The number of morpholine rings is 1. The second-order valence-corrected chi connectivity index (χ2v) is 5.35. The number of carbonyl (C=O) groups is 2. The summed E-state index contributed by atoms with van der Waals surface area (Å²) in [6.45, 7) is 2.37. The summed E-state index contributed by atoms with van der Waals surface area (Å²) in [5.74, 6) is -0.0532. The van der Waals surface area contributed by atoms with Gasteiger partial charge in [0.1, 0.15) is 6.61 Å². The van der Waals surface area contributed by atoms with Crippen LogP contribution in [0.3, 0.4) is 0 Å². The van der Waals surface area contributed by atoms with Gasteiger partial charge in [0.2, 0.25) is 0 Å². The van der Waals surface area contributed by atoms with E-state index in [-0.39, 0.29) is 23.9 Å². The van der Waals surface area contributed by atoms with Crippen LogP contribution in [0.4, 0.5) is 16.2 Å². The number of hydrogen-bond acceptors (Lipinski definition) is 4. The number of rotatable bonds is 4. The molecule has 0 N–H and O–H groups in total. The molecule has 2 aliphatic heterocycles. The van der Waals surface area contributed by atoms with Crippen molar-refractivity contribution in [1.29, 1.82) is 0 Å². The molecule has 0 spiro atoms. The molecule has 3 rings (SSSR count). The zero-order chi connectivity index (χ0) is 14.8. The van der Waals surface area contributed by atoms with Crippen LogP contribution < -0.4 is 9.80 Å². The van der Waals surface area contributed by atoms with E-state index in [0.29, 0.717) is 26.3 Å². The molecule has 0 radical (unpaired) electrons. The first kappa shape index (κ1) is 14.4. The molecule has 1 atom stereocenters. The number of anilines is 2. The maximum absolute atomic E-state index is 11.8. The largest absolute Gasteiger partial charge is 0.371 e. The second-order valence-electron chi connectivity index (χ2n) is 4.96. The zero-order valence-electron chi connectivity index (χ0n) is 11.4. The SMILES string of the molecule is O=C(S)N(CC1CO1)c1ccc(N2CCOCC2=O)cc1. The van der Waals surface area contributed by atoms with Crippen molar-refractivity contribution in [3.8, 4) is 0 Å². The van der Waals surface area contributed by atoms with Gasteiger partial charge in [0.25, 0.3) is 11.1 Å².